The molecule has 0 saturated heterocycles. The van der Waals surface area contributed by atoms with Crippen LogP contribution in [0.25, 0.3) is 0 Å². The molecule has 0 aliphatic heterocycles. The largest absolute Gasteiger partial charge is 0.461 e. The lowest BCUT2D eigenvalue weighted by atomic mass is 10.2. The number of hydrogen-bond acceptors (Lipinski definition) is 4. The van der Waals surface area contributed by atoms with Crippen LogP contribution in [0, 0.1) is 0 Å². The van der Waals surface area contributed by atoms with E-state index in [4.69, 9.17) is 5.73 Å². The number of halogens is 3. The number of rotatable bonds is 2. The van der Waals surface area contributed by atoms with Gasteiger partial charge in [-0.3, -0.25) is 0 Å². The van der Waals surface area contributed by atoms with Crippen molar-refractivity contribution >= 4 is 11.7 Å². The average molecular weight is 234 g/mol. The minimum absolute atomic E-state index is 0.0982. The van der Waals surface area contributed by atoms with Crippen LogP contribution < -0.4 is 5.73 Å². The Kier molecular flexibility index (Phi) is 3.36. The van der Waals surface area contributed by atoms with Crippen molar-refractivity contribution in [3.8, 4) is 0 Å². The van der Waals surface area contributed by atoms with Gasteiger partial charge in [-0.2, -0.15) is 13.2 Å². The van der Waals surface area contributed by atoms with Crippen molar-refractivity contribution in [3.05, 3.63) is 23.5 Å². The Bertz CT molecular complexity index is 404. The van der Waals surface area contributed by atoms with Gasteiger partial charge >= 0.3 is 12.1 Å². The molecule has 0 saturated carbocycles. The number of hydrogen-bond donors (Lipinski definition) is 1. The fraction of sp³-hybridized carbons (Fsp3) is 0.333. The van der Waals surface area contributed by atoms with Crippen LogP contribution in [0.5, 0.6) is 0 Å². The fourth-order valence-corrected chi connectivity index (χ4v) is 1.01. The third-order valence-electron chi connectivity index (χ3n) is 1.71. The molecule has 0 aliphatic rings. The maximum absolute atomic E-state index is 12.2. The van der Waals surface area contributed by atoms with Crippen molar-refractivity contribution in [1.82, 2.24) is 4.98 Å². The van der Waals surface area contributed by atoms with Gasteiger partial charge in [0.05, 0.1) is 17.9 Å². The van der Waals surface area contributed by atoms with Gasteiger partial charge in [-0.05, 0) is 13.0 Å². The lowest BCUT2D eigenvalue weighted by Crippen LogP contribution is -2.13. The average Bonchev–Trinajstić information content (AvgIpc) is 2.16. The first-order chi connectivity index (χ1) is 7.36. The molecule has 2 N–H and O–H groups in total. The highest BCUT2D eigenvalue weighted by Crippen LogP contribution is 2.30. The van der Waals surface area contributed by atoms with Gasteiger partial charge in [0.1, 0.15) is 0 Å². The first kappa shape index (κ1) is 12.3. The lowest BCUT2D eigenvalue weighted by molar-refractivity contribution is -0.137. The molecule has 7 heteroatoms. The fourth-order valence-electron chi connectivity index (χ4n) is 1.01. The van der Waals surface area contributed by atoms with Gasteiger partial charge in [-0.25, -0.2) is 9.78 Å². The number of nitrogen functional groups attached to an aromatic ring is 1. The summed E-state index contributed by atoms with van der Waals surface area (Å²) < 4.78 is 41.3. The summed E-state index contributed by atoms with van der Waals surface area (Å²) >= 11 is 0. The van der Waals surface area contributed by atoms with Crippen LogP contribution in [0.1, 0.15) is 23.0 Å². The van der Waals surface area contributed by atoms with Gasteiger partial charge in [0, 0.05) is 6.20 Å². The smallest absolute Gasteiger partial charge is 0.417 e. The topological polar surface area (TPSA) is 65.2 Å². The van der Waals surface area contributed by atoms with Gasteiger partial charge in [0.15, 0.2) is 5.69 Å². The highest BCUT2D eigenvalue weighted by molar-refractivity contribution is 5.92. The number of alkyl halides is 3. The van der Waals surface area contributed by atoms with Crippen molar-refractivity contribution < 1.29 is 22.7 Å². The van der Waals surface area contributed by atoms with E-state index >= 15 is 0 Å². The van der Waals surface area contributed by atoms with Crippen molar-refractivity contribution in [3.63, 3.8) is 0 Å². The quantitative estimate of drug-likeness (QED) is 0.793. The van der Waals surface area contributed by atoms with Crippen molar-refractivity contribution in [2.45, 2.75) is 13.1 Å². The first-order valence-electron chi connectivity index (χ1n) is 4.36. The second kappa shape index (κ2) is 4.38. The molecule has 0 radical (unpaired) electrons. The van der Waals surface area contributed by atoms with Crippen LogP contribution in [-0.2, 0) is 10.9 Å². The molecule has 0 atom stereocenters. The molecule has 0 spiro atoms. The van der Waals surface area contributed by atoms with E-state index in [1.54, 1.807) is 6.92 Å². The van der Waals surface area contributed by atoms with E-state index in [0.717, 1.165) is 0 Å². The van der Waals surface area contributed by atoms with E-state index in [0.29, 0.717) is 12.3 Å². The molecule has 1 heterocycles. The zero-order chi connectivity index (χ0) is 12.3. The van der Waals surface area contributed by atoms with Crippen molar-refractivity contribution in [1.29, 1.82) is 0 Å². The molecule has 0 bridgehead atoms. The van der Waals surface area contributed by atoms with E-state index in [1.165, 1.54) is 0 Å². The molecule has 16 heavy (non-hydrogen) atoms. The standard InChI is InChI=1S/C9H9F3N2O2/c1-2-16-8(15)7-6(13)3-5(4-14-7)9(10,11)12/h3-4H,2,13H2,1H3. The zero-order valence-electron chi connectivity index (χ0n) is 8.34. The molecule has 88 valence electrons. The number of anilines is 1. The third kappa shape index (κ3) is 2.62. The molecule has 1 rings (SSSR count). The van der Waals surface area contributed by atoms with Crippen LogP contribution >= 0.6 is 0 Å². The molecular weight excluding hydrogens is 225 g/mol. The lowest BCUT2D eigenvalue weighted by Gasteiger charge is -2.09. The van der Waals surface area contributed by atoms with Gasteiger partial charge < -0.3 is 10.5 Å². The maximum atomic E-state index is 12.2. The molecular formula is C9H9F3N2O2. The van der Waals surface area contributed by atoms with Crippen LogP contribution in [0.15, 0.2) is 12.3 Å². The number of carbonyl (C=O) groups is 1. The summed E-state index contributed by atoms with van der Waals surface area (Å²) in [5.74, 6) is -0.839. The minimum atomic E-state index is -4.53. The number of ether oxygens (including phenoxy) is 1. The molecule has 0 aliphatic carbocycles. The third-order valence-corrected chi connectivity index (χ3v) is 1.71. The number of aromatic nitrogens is 1. The Morgan fingerprint density at radius 3 is 2.62 bits per heavy atom. The summed E-state index contributed by atoms with van der Waals surface area (Å²) in [6.07, 6.45) is -3.99. The number of carbonyl (C=O) groups excluding carboxylic acids is 1. The summed E-state index contributed by atoms with van der Waals surface area (Å²) in [5, 5.41) is 0. The van der Waals surface area contributed by atoms with E-state index in [9.17, 15) is 18.0 Å². The van der Waals surface area contributed by atoms with Crippen LogP contribution in [-0.4, -0.2) is 17.6 Å². The number of nitrogens with zero attached hydrogens (tertiary/aromatic N) is 1. The molecule has 0 amide bonds. The van der Waals surface area contributed by atoms with Crippen LogP contribution in [0.2, 0.25) is 0 Å². The van der Waals surface area contributed by atoms with Gasteiger partial charge in [-0.15, -0.1) is 0 Å². The Morgan fingerprint density at radius 1 is 1.56 bits per heavy atom. The van der Waals surface area contributed by atoms with E-state index in [-0.39, 0.29) is 18.0 Å². The Morgan fingerprint density at radius 2 is 2.19 bits per heavy atom. The van der Waals surface area contributed by atoms with Gasteiger partial charge in [0.25, 0.3) is 0 Å². The molecule has 4 nitrogen and oxygen atoms in total. The molecule has 0 aromatic carbocycles. The van der Waals surface area contributed by atoms with Crippen molar-refractivity contribution in [2.24, 2.45) is 0 Å². The SMILES string of the molecule is CCOC(=O)c1ncc(C(F)(F)F)cc1N. The summed E-state index contributed by atoms with van der Waals surface area (Å²) in [4.78, 5) is 14.5. The Balaban J connectivity index is 3.05. The van der Waals surface area contributed by atoms with Gasteiger partial charge in [-0.1, -0.05) is 0 Å². The predicted octanol–water partition coefficient (Wildman–Crippen LogP) is 1.86. The van der Waals surface area contributed by atoms with Gasteiger partial charge in [0.2, 0.25) is 0 Å². The highest BCUT2D eigenvalue weighted by Gasteiger charge is 2.32. The Hall–Kier alpha value is -1.79. The second-order valence-corrected chi connectivity index (χ2v) is 2.88. The van der Waals surface area contributed by atoms with E-state index in [2.05, 4.69) is 9.72 Å². The zero-order valence-corrected chi connectivity index (χ0v) is 8.34. The number of nitrogens with two attached hydrogens (primary N) is 1. The highest BCUT2D eigenvalue weighted by atomic mass is 19.4. The molecule has 1 aromatic heterocycles. The number of pyridine rings is 1. The summed E-state index contributed by atoms with van der Waals surface area (Å²) in [5.41, 5.74) is 3.62. The van der Waals surface area contributed by atoms with Crippen molar-refractivity contribution in [2.75, 3.05) is 12.3 Å². The molecule has 0 unspecified atom stereocenters. The molecule has 0 fully saturated rings. The second-order valence-electron chi connectivity index (χ2n) is 2.88. The maximum Gasteiger partial charge on any atom is 0.417 e. The number of esters is 1. The van der Waals surface area contributed by atoms with Crippen LogP contribution in [0.3, 0.4) is 0 Å². The normalized spacial score (nSPS) is 11.2. The first-order valence-corrected chi connectivity index (χ1v) is 4.36. The van der Waals surface area contributed by atoms with Crippen LogP contribution in [0.4, 0.5) is 18.9 Å². The summed E-state index contributed by atoms with van der Waals surface area (Å²) in [7, 11) is 0. The monoisotopic (exact) mass is 234 g/mol. The summed E-state index contributed by atoms with van der Waals surface area (Å²) in [6.45, 7) is 1.67. The van der Waals surface area contributed by atoms with E-state index < -0.39 is 17.7 Å². The Labute approximate surface area is 89.2 Å². The minimum Gasteiger partial charge on any atom is -0.461 e. The molecule has 1 aromatic rings. The predicted molar refractivity (Wildman–Crippen MR) is 49.6 cm³/mol. The summed E-state index contributed by atoms with van der Waals surface area (Å²) in [6, 6.07) is 0.652. The van der Waals surface area contributed by atoms with E-state index in [1.807, 2.05) is 0 Å².